The molecule has 0 spiro atoms. The zero-order chi connectivity index (χ0) is 22.9. The number of aldehydes is 1. The number of aromatic nitrogens is 2. The number of nitrogens with two attached hydrogens (primary N) is 1. The van der Waals surface area contributed by atoms with Crippen LogP contribution in [-0.4, -0.2) is 51.0 Å². The Morgan fingerprint density at radius 2 is 1.94 bits per heavy atom. The molecule has 1 aliphatic rings. The number of rotatable bonds is 7. The zero-order valence-electron chi connectivity index (χ0n) is 18.1. The number of carbonyl (C=O) groups is 1. The van der Waals surface area contributed by atoms with Crippen molar-refractivity contribution < 1.29 is 9.00 Å². The maximum absolute atomic E-state index is 13.5. The van der Waals surface area contributed by atoms with E-state index in [0.29, 0.717) is 13.1 Å². The summed E-state index contributed by atoms with van der Waals surface area (Å²) in [7, 11) is 0.251. The Bertz CT molecular complexity index is 1040. The van der Waals surface area contributed by atoms with Crippen LogP contribution < -0.4 is 10.6 Å². The molecule has 0 aliphatic carbocycles. The lowest BCUT2D eigenvalue weighted by molar-refractivity contribution is -0.108. The topological polar surface area (TPSA) is 84.5 Å². The molecule has 1 atom stereocenters. The Balaban J connectivity index is 0.00000141. The first-order valence-electron chi connectivity index (χ1n) is 10.4. The predicted molar refractivity (Wildman–Crippen MR) is 132 cm³/mol. The van der Waals surface area contributed by atoms with Crippen LogP contribution in [0.2, 0.25) is 0 Å². The van der Waals surface area contributed by atoms with Crippen molar-refractivity contribution in [3.8, 4) is 0 Å². The van der Waals surface area contributed by atoms with E-state index >= 15 is 0 Å². The van der Waals surface area contributed by atoms with Crippen LogP contribution in [0, 0.1) is 0 Å². The van der Waals surface area contributed by atoms with Crippen LogP contribution in [0.15, 0.2) is 70.4 Å². The van der Waals surface area contributed by atoms with Gasteiger partial charge in [-0.1, -0.05) is 46.3 Å². The Kier molecular flexibility index (Phi) is 9.16. The molecular formula is C23H28BrN5O2S. The second-order valence-electron chi connectivity index (χ2n) is 7.15. The van der Waals surface area contributed by atoms with E-state index in [4.69, 9.17) is 0 Å². The van der Waals surface area contributed by atoms with Crippen molar-refractivity contribution in [3.05, 3.63) is 76.8 Å². The Hall–Kier alpha value is -2.33. The summed E-state index contributed by atoms with van der Waals surface area (Å²) in [6.45, 7) is 3.03. The Labute approximate surface area is 200 Å². The molecule has 0 fully saturated rings. The highest BCUT2D eigenvalue weighted by Gasteiger charge is 2.26. The van der Waals surface area contributed by atoms with Gasteiger partial charge in [-0.05, 0) is 37.2 Å². The minimum atomic E-state index is -1.25. The molecule has 2 aromatic carbocycles. The van der Waals surface area contributed by atoms with Gasteiger partial charge in [0, 0.05) is 30.3 Å². The molecule has 32 heavy (non-hydrogen) atoms. The number of anilines is 1. The largest absolute Gasteiger partial charge is 0.363 e. The highest BCUT2D eigenvalue weighted by atomic mass is 79.9. The third kappa shape index (κ3) is 5.92. The van der Waals surface area contributed by atoms with Gasteiger partial charge >= 0.3 is 0 Å². The van der Waals surface area contributed by atoms with E-state index < -0.39 is 11.0 Å². The van der Waals surface area contributed by atoms with Crippen molar-refractivity contribution in [2.45, 2.75) is 24.4 Å². The molecule has 0 saturated heterocycles. The van der Waals surface area contributed by atoms with Crippen molar-refractivity contribution in [2.75, 3.05) is 31.6 Å². The second kappa shape index (κ2) is 12.1. The summed E-state index contributed by atoms with van der Waals surface area (Å²) in [6.07, 6.45) is 5.19. The van der Waals surface area contributed by atoms with Gasteiger partial charge in [0.05, 0.1) is 35.7 Å². The molecule has 7 nitrogen and oxygen atoms in total. The third-order valence-corrected chi connectivity index (χ3v) is 7.25. The molecule has 9 heteroatoms. The number of halogens is 1. The molecule has 0 bridgehead atoms. The molecule has 1 aliphatic heterocycles. The maximum Gasteiger partial charge on any atom is 0.139 e. The molecule has 2 N–H and O–H groups in total. The standard InChI is InChI=1S/C22H23BrN4O2S.CH5N/c23-19-6-7-21-22(14-19)30(29)27(9-8-18-4-2-1-3-5-18)11-10-25(21)16-20-15-24-17-26(20)12-13-28;1-2/h1-7,13-15,17H,8-12,16H2;2H2,1H3. The molecule has 1 aromatic heterocycles. The fraction of sp³-hybridized carbons (Fsp3) is 0.304. The predicted octanol–water partition coefficient (Wildman–Crippen LogP) is 3.01. The quantitative estimate of drug-likeness (QED) is 0.487. The van der Waals surface area contributed by atoms with E-state index in [1.165, 1.54) is 12.6 Å². The van der Waals surface area contributed by atoms with Crippen LogP contribution >= 0.6 is 15.9 Å². The first kappa shape index (κ1) is 24.3. The molecule has 170 valence electrons. The minimum Gasteiger partial charge on any atom is -0.363 e. The van der Waals surface area contributed by atoms with Gasteiger partial charge in [0.2, 0.25) is 0 Å². The Morgan fingerprint density at radius 3 is 2.69 bits per heavy atom. The van der Waals surface area contributed by atoms with E-state index in [1.54, 1.807) is 12.5 Å². The van der Waals surface area contributed by atoms with Crippen LogP contribution in [-0.2, 0) is 35.3 Å². The fourth-order valence-corrected chi connectivity index (χ4v) is 5.54. The summed E-state index contributed by atoms with van der Waals surface area (Å²) in [5.74, 6) is 0. The lowest BCUT2D eigenvalue weighted by Gasteiger charge is -2.24. The van der Waals surface area contributed by atoms with Crippen molar-refractivity contribution in [1.29, 1.82) is 0 Å². The van der Waals surface area contributed by atoms with Gasteiger partial charge in [0.15, 0.2) is 0 Å². The molecular weight excluding hydrogens is 490 g/mol. The number of hydrogen-bond acceptors (Lipinski definition) is 5. The molecule has 1 unspecified atom stereocenters. The van der Waals surface area contributed by atoms with Gasteiger partial charge in [-0.25, -0.2) is 13.5 Å². The van der Waals surface area contributed by atoms with Crippen LogP contribution in [0.1, 0.15) is 11.3 Å². The van der Waals surface area contributed by atoms with Crippen molar-refractivity contribution in [3.63, 3.8) is 0 Å². The molecule has 0 radical (unpaired) electrons. The summed E-state index contributed by atoms with van der Waals surface area (Å²) >= 11 is 3.53. The smallest absolute Gasteiger partial charge is 0.139 e. The van der Waals surface area contributed by atoms with Crippen molar-refractivity contribution in [1.82, 2.24) is 13.9 Å². The second-order valence-corrected chi connectivity index (χ2v) is 9.52. The minimum absolute atomic E-state index is 0.283. The lowest BCUT2D eigenvalue weighted by atomic mass is 10.1. The average Bonchev–Trinajstić information content (AvgIpc) is 3.21. The summed E-state index contributed by atoms with van der Waals surface area (Å²) in [4.78, 5) is 18.2. The first-order valence-corrected chi connectivity index (χ1v) is 12.3. The van der Waals surface area contributed by atoms with Gasteiger partial charge in [0.1, 0.15) is 17.3 Å². The summed E-state index contributed by atoms with van der Waals surface area (Å²) in [5, 5.41) is 0. The number of fused-ring (bicyclic) bond motifs is 1. The summed E-state index contributed by atoms with van der Waals surface area (Å²) < 4.78 is 18.3. The SMILES string of the molecule is CN.O=CCn1cncc1CN1CCN(CCc2ccccc2)S(=O)c2cc(Br)ccc21. The van der Waals surface area contributed by atoms with Gasteiger partial charge in [-0.2, -0.15) is 0 Å². The summed E-state index contributed by atoms with van der Waals surface area (Å²) in [6, 6.07) is 16.2. The number of hydrogen-bond donors (Lipinski definition) is 1. The number of carbonyl (C=O) groups excluding carboxylic acids is 1. The monoisotopic (exact) mass is 517 g/mol. The third-order valence-electron chi connectivity index (χ3n) is 5.22. The van der Waals surface area contributed by atoms with Crippen LogP contribution in [0.4, 0.5) is 5.69 Å². The zero-order valence-corrected chi connectivity index (χ0v) is 20.5. The van der Waals surface area contributed by atoms with Crippen LogP contribution in [0.25, 0.3) is 0 Å². The van der Waals surface area contributed by atoms with E-state index in [2.05, 4.69) is 43.7 Å². The van der Waals surface area contributed by atoms with E-state index in [9.17, 15) is 9.00 Å². The van der Waals surface area contributed by atoms with E-state index in [1.807, 2.05) is 45.3 Å². The van der Waals surface area contributed by atoms with Crippen LogP contribution in [0.3, 0.4) is 0 Å². The molecule has 4 rings (SSSR count). The molecule has 3 aromatic rings. The normalized spacial score (nSPS) is 16.0. The van der Waals surface area contributed by atoms with E-state index in [-0.39, 0.29) is 6.54 Å². The Morgan fingerprint density at radius 1 is 1.16 bits per heavy atom. The fourth-order valence-electron chi connectivity index (χ4n) is 3.64. The highest BCUT2D eigenvalue weighted by molar-refractivity contribution is 9.10. The average molecular weight is 518 g/mol. The maximum atomic E-state index is 13.5. The molecule has 0 amide bonds. The van der Waals surface area contributed by atoms with Gasteiger partial charge in [-0.3, -0.25) is 0 Å². The number of benzene rings is 2. The van der Waals surface area contributed by atoms with Crippen molar-refractivity contribution >= 4 is 38.9 Å². The first-order chi connectivity index (χ1) is 15.7. The van der Waals surface area contributed by atoms with Crippen LogP contribution in [0.5, 0.6) is 0 Å². The highest BCUT2D eigenvalue weighted by Crippen LogP contribution is 2.32. The van der Waals surface area contributed by atoms with E-state index in [0.717, 1.165) is 46.5 Å². The lowest BCUT2D eigenvalue weighted by Crippen LogP contribution is -2.34. The van der Waals surface area contributed by atoms with Crippen molar-refractivity contribution in [2.24, 2.45) is 5.73 Å². The van der Waals surface area contributed by atoms with Gasteiger partial charge in [0.25, 0.3) is 0 Å². The molecule has 2 heterocycles. The van der Waals surface area contributed by atoms with Gasteiger partial charge in [-0.15, -0.1) is 0 Å². The number of nitrogens with zero attached hydrogens (tertiary/aromatic N) is 4. The van der Waals surface area contributed by atoms with Gasteiger partial charge < -0.3 is 20.0 Å². The summed E-state index contributed by atoms with van der Waals surface area (Å²) in [5.41, 5.74) is 7.65. The number of imidazole rings is 1. The molecule has 0 saturated carbocycles.